The molecule has 0 aliphatic carbocycles. The molecular formula is C24H43N6O5PS. The van der Waals surface area contributed by atoms with E-state index in [1.165, 1.54) is 0 Å². The second-order valence-corrected chi connectivity index (χ2v) is 12.4. The Hall–Kier alpha value is -1.43. The monoisotopic (exact) mass is 558 g/mol. The van der Waals surface area contributed by atoms with Gasteiger partial charge in [0.1, 0.15) is 17.7 Å². The third-order valence-electron chi connectivity index (χ3n) is 6.76. The Morgan fingerprint density at radius 2 is 1.84 bits per heavy atom. The van der Waals surface area contributed by atoms with Crippen LogP contribution in [0.3, 0.4) is 0 Å². The smallest absolute Gasteiger partial charge is 0.382 e. The van der Waals surface area contributed by atoms with Crippen molar-refractivity contribution < 1.29 is 23.1 Å². The first-order chi connectivity index (χ1) is 17.7. The first kappa shape index (κ1) is 30.1. The lowest BCUT2D eigenvalue weighted by Gasteiger charge is -2.28. The molecule has 1 saturated heterocycles. The fourth-order valence-corrected chi connectivity index (χ4v) is 6.75. The van der Waals surface area contributed by atoms with Crippen LogP contribution >= 0.6 is 19.0 Å². The third-order valence-corrected chi connectivity index (χ3v) is 8.40. The standard InChI is InChI=1S/C24H43N6O5PS/c1-5-8-10-12-14-17-19(35-36(31,37)34-16(7-3)13-11-9-6-2)20(32-4)23(33-17)30-15-27-18-21(25)28-24(26)29-22(18)30/h15-17,19-20,23H,5-14H2,1-4H3,(H,31,37)(H4,25,26,28,29). The van der Waals surface area contributed by atoms with E-state index in [1.54, 1.807) is 18.0 Å². The molecule has 13 heteroatoms. The predicted molar refractivity (Wildman–Crippen MR) is 148 cm³/mol. The van der Waals surface area contributed by atoms with Crippen LogP contribution in [-0.2, 0) is 23.1 Å². The summed E-state index contributed by atoms with van der Waals surface area (Å²) in [6.45, 7) is 2.60. The van der Waals surface area contributed by atoms with Crippen molar-refractivity contribution in [2.75, 3.05) is 18.6 Å². The fraction of sp³-hybridized carbons (Fsp3) is 0.792. The highest BCUT2D eigenvalue weighted by Crippen LogP contribution is 2.58. The summed E-state index contributed by atoms with van der Waals surface area (Å²) in [6, 6.07) is 0. The molecule has 210 valence electrons. The average molecular weight is 559 g/mol. The second kappa shape index (κ2) is 14.1. The summed E-state index contributed by atoms with van der Waals surface area (Å²) >= 11 is 4.36. The molecule has 3 heterocycles. The number of ether oxygens (including phenoxy) is 2. The normalized spacial score (nSPS) is 24.5. The van der Waals surface area contributed by atoms with Crippen molar-refractivity contribution in [2.24, 2.45) is 0 Å². The molecule has 37 heavy (non-hydrogen) atoms. The minimum atomic E-state index is -3.72. The predicted octanol–water partition coefficient (Wildman–Crippen LogP) is 5.67. The summed E-state index contributed by atoms with van der Waals surface area (Å²) < 4.78 is 39.6. The van der Waals surface area contributed by atoms with Crippen LogP contribution in [0.25, 0.3) is 11.2 Å². The van der Waals surface area contributed by atoms with Gasteiger partial charge >= 0.3 is 6.80 Å². The maximum absolute atomic E-state index is 13.5. The number of unbranched alkanes of at least 4 members (excludes halogenated alkanes) is 5. The number of imidazole rings is 1. The van der Waals surface area contributed by atoms with Crippen LogP contribution in [-0.4, -0.2) is 51.0 Å². The number of thiol groups is 1. The molecule has 2 aromatic heterocycles. The van der Waals surface area contributed by atoms with Crippen molar-refractivity contribution in [1.29, 1.82) is 0 Å². The molecule has 0 spiro atoms. The number of anilines is 2. The first-order valence-electron chi connectivity index (χ1n) is 13.4. The van der Waals surface area contributed by atoms with Gasteiger partial charge in [-0.05, 0) is 19.3 Å². The largest absolute Gasteiger partial charge is 0.386 e. The van der Waals surface area contributed by atoms with Gasteiger partial charge < -0.3 is 20.9 Å². The fourth-order valence-electron chi connectivity index (χ4n) is 4.78. The van der Waals surface area contributed by atoms with Gasteiger partial charge in [-0.1, -0.05) is 78.0 Å². The Kier molecular flexibility index (Phi) is 11.5. The Bertz CT molecular complexity index is 1040. The van der Waals surface area contributed by atoms with E-state index in [-0.39, 0.29) is 17.9 Å². The minimum absolute atomic E-state index is 0.0320. The number of aromatic nitrogens is 4. The maximum Gasteiger partial charge on any atom is 0.386 e. The van der Waals surface area contributed by atoms with E-state index in [0.717, 1.165) is 57.8 Å². The van der Waals surface area contributed by atoms with Gasteiger partial charge in [0.15, 0.2) is 17.7 Å². The van der Waals surface area contributed by atoms with Crippen LogP contribution in [0, 0.1) is 0 Å². The van der Waals surface area contributed by atoms with E-state index in [4.69, 9.17) is 30.0 Å². The summed E-state index contributed by atoms with van der Waals surface area (Å²) in [5, 5.41) is 0. The van der Waals surface area contributed by atoms with Crippen molar-refractivity contribution in [3.8, 4) is 0 Å². The van der Waals surface area contributed by atoms with Gasteiger partial charge in [-0.2, -0.15) is 9.97 Å². The minimum Gasteiger partial charge on any atom is -0.382 e. The molecule has 3 rings (SSSR count). The van der Waals surface area contributed by atoms with Crippen LogP contribution in [0.5, 0.6) is 0 Å². The molecule has 0 bridgehead atoms. The molecule has 0 radical (unpaired) electrons. The molecule has 1 aliphatic rings. The summed E-state index contributed by atoms with van der Waals surface area (Å²) in [7, 11) is 1.57. The number of hydrogen-bond donors (Lipinski definition) is 3. The van der Waals surface area contributed by atoms with Gasteiger partial charge in [0, 0.05) is 7.11 Å². The van der Waals surface area contributed by atoms with Crippen molar-refractivity contribution >= 4 is 42.0 Å². The van der Waals surface area contributed by atoms with Gasteiger partial charge in [-0.15, -0.1) is 0 Å². The highest BCUT2D eigenvalue weighted by atomic mass is 32.7. The van der Waals surface area contributed by atoms with Gasteiger partial charge in [0.05, 0.1) is 18.5 Å². The number of methoxy groups -OCH3 is 1. The SMILES string of the molecule is CCCCCCC1OC(n2cnc3c(N)nc(N)nc32)C(OC)C1OP(=O)(S)OC(CC)CCCCC. The average Bonchev–Trinajstić information content (AvgIpc) is 3.42. The molecule has 11 nitrogen and oxygen atoms in total. The third kappa shape index (κ3) is 7.80. The summed E-state index contributed by atoms with van der Waals surface area (Å²) in [5.41, 5.74) is 12.7. The highest BCUT2D eigenvalue weighted by molar-refractivity contribution is 8.44. The molecule has 1 fully saturated rings. The zero-order valence-electron chi connectivity index (χ0n) is 22.4. The van der Waals surface area contributed by atoms with Gasteiger partial charge in [0.2, 0.25) is 5.95 Å². The van der Waals surface area contributed by atoms with Crippen molar-refractivity contribution in [3.63, 3.8) is 0 Å². The Balaban J connectivity index is 1.85. The topological polar surface area (TPSA) is 150 Å². The van der Waals surface area contributed by atoms with E-state index in [2.05, 4.69) is 41.0 Å². The molecule has 0 aromatic carbocycles. The zero-order chi connectivity index (χ0) is 27.0. The van der Waals surface area contributed by atoms with E-state index >= 15 is 0 Å². The molecule has 6 unspecified atom stereocenters. The van der Waals surface area contributed by atoms with Gasteiger partial charge in [0.25, 0.3) is 0 Å². The van der Waals surface area contributed by atoms with Crippen molar-refractivity contribution in [3.05, 3.63) is 6.33 Å². The summed E-state index contributed by atoms with van der Waals surface area (Å²) in [5.74, 6) is 0.212. The number of hydrogen-bond acceptors (Lipinski definition) is 10. The van der Waals surface area contributed by atoms with E-state index in [9.17, 15) is 4.57 Å². The molecule has 0 saturated carbocycles. The van der Waals surface area contributed by atoms with E-state index in [0.29, 0.717) is 17.6 Å². The van der Waals surface area contributed by atoms with E-state index in [1.807, 2.05) is 6.92 Å². The van der Waals surface area contributed by atoms with Crippen molar-refractivity contribution in [2.45, 2.75) is 116 Å². The Morgan fingerprint density at radius 3 is 2.51 bits per heavy atom. The number of nitrogens with zero attached hydrogens (tertiary/aromatic N) is 4. The molecule has 1 aliphatic heterocycles. The second-order valence-electron chi connectivity index (χ2n) is 9.58. The van der Waals surface area contributed by atoms with Crippen LogP contribution in [0.2, 0.25) is 0 Å². The zero-order valence-corrected chi connectivity index (χ0v) is 24.2. The number of rotatable bonds is 16. The first-order valence-corrected chi connectivity index (χ1v) is 16.1. The van der Waals surface area contributed by atoms with Crippen LogP contribution < -0.4 is 11.5 Å². The van der Waals surface area contributed by atoms with Gasteiger partial charge in [-0.25, -0.2) is 9.55 Å². The Labute approximate surface area is 225 Å². The quantitative estimate of drug-likeness (QED) is 0.134. The lowest BCUT2D eigenvalue weighted by atomic mass is 10.0. The maximum atomic E-state index is 13.5. The van der Waals surface area contributed by atoms with Crippen molar-refractivity contribution in [1.82, 2.24) is 19.5 Å². The molecule has 6 atom stereocenters. The van der Waals surface area contributed by atoms with E-state index < -0.39 is 31.3 Å². The summed E-state index contributed by atoms with van der Waals surface area (Å²) in [4.78, 5) is 12.7. The van der Waals surface area contributed by atoms with Crippen LogP contribution in [0.4, 0.5) is 11.8 Å². The number of nitrogens with two attached hydrogens (primary N) is 2. The molecule has 4 N–H and O–H groups in total. The summed E-state index contributed by atoms with van der Waals surface area (Å²) in [6.07, 6.45) is 8.67. The van der Waals surface area contributed by atoms with Gasteiger partial charge in [-0.3, -0.25) is 13.6 Å². The molecule has 2 aromatic rings. The van der Waals surface area contributed by atoms with Crippen LogP contribution in [0.1, 0.15) is 91.2 Å². The lowest BCUT2D eigenvalue weighted by molar-refractivity contribution is -0.0504. The van der Waals surface area contributed by atoms with Crippen LogP contribution in [0.15, 0.2) is 6.33 Å². The molecule has 0 amide bonds. The number of fused-ring (bicyclic) bond motifs is 1. The Morgan fingerprint density at radius 1 is 1.11 bits per heavy atom. The highest BCUT2D eigenvalue weighted by Gasteiger charge is 2.49. The molecular weight excluding hydrogens is 515 g/mol. The lowest BCUT2D eigenvalue weighted by Crippen LogP contribution is -2.35. The number of nitrogen functional groups attached to an aromatic ring is 2.